The first-order valence-corrected chi connectivity index (χ1v) is 9.10. The van der Waals surface area contributed by atoms with E-state index in [1.165, 1.54) is 25.2 Å². The van der Waals surface area contributed by atoms with E-state index in [9.17, 15) is 13.2 Å². The fraction of sp³-hybridized carbons (Fsp3) is 0.0714. The van der Waals surface area contributed by atoms with Gasteiger partial charge in [0.15, 0.2) is 0 Å². The minimum atomic E-state index is -3.85. The average molecular weight is 448 g/mol. The van der Waals surface area contributed by atoms with Crippen LogP contribution in [0.1, 0.15) is 10.4 Å². The summed E-state index contributed by atoms with van der Waals surface area (Å²) in [5.74, 6) is -0.689. The average Bonchev–Trinajstić information content (AvgIpc) is 2.48. The van der Waals surface area contributed by atoms with E-state index in [1.807, 2.05) is 0 Å². The van der Waals surface area contributed by atoms with Crippen LogP contribution in [-0.4, -0.2) is 21.4 Å². The summed E-state index contributed by atoms with van der Waals surface area (Å²) in [6, 6.07) is 11.1. The van der Waals surface area contributed by atoms with Crippen molar-refractivity contribution in [3.05, 3.63) is 57.0 Å². The number of hydrogen-bond donors (Lipinski definition) is 1. The molecule has 0 radical (unpaired) electrons. The zero-order valence-electron chi connectivity index (χ0n) is 11.5. The fourth-order valence-corrected chi connectivity index (χ4v) is 4.58. The van der Waals surface area contributed by atoms with Crippen LogP contribution < -0.4 is 10.0 Å². The number of amides is 1. The van der Waals surface area contributed by atoms with Crippen molar-refractivity contribution >= 4 is 53.5 Å². The van der Waals surface area contributed by atoms with Crippen LogP contribution in [0, 0.1) is 0 Å². The van der Waals surface area contributed by atoms with Gasteiger partial charge in [-0.05, 0) is 46.3 Å². The molecule has 0 spiro atoms. The number of halogens is 2. The van der Waals surface area contributed by atoms with E-state index in [0.29, 0.717) is 8.95 Å². The number of carbonyl (C=O) groups excluding carboxylic acids is 1. The Morgan fingerprint density at radius 1 is 1.14 bits per heavy atom. The van der Waals surface area contributed by atoms with Gasteiger partial charge in [0.2, 0.25) is 0 Å². The van der Waals surface area contributed by atoms with Gasteiger partial charge in [0.1, 0.15) is 4.90 Å². The van der Waals surface area contributed by atoms with Crippen molar-refractivity contribution in [1.82, 2.24) is 0 Å². The first-order valence-electron chi connectivity index (χ1n) is 6.08. The van der Waals surface area contributed by atoms with Crippen molar-refractivity contribution < 1.29 is 13.2 Å². The minimum Gasteiger partial charge on any atom is -0.366 e. The third-order valence-corrected chi connectivity index (χ3v) is 6.30. The van der Waals surface area contributed by atoms with Crippen molar-refractivity contribution in [2.24, 2.45) is 5.73 Å². The van der Waals surface area contributed by atoms with Gasteiger partial charge < -0.3 is 5.73 Å². The molecule has 1 amide bonds. The lowest BCUT2D eigenvalue weighted by atomic mass is 10.2. The second-order valence-electron chi connectivity index (χ2n) is 4.43. The second kappa shape index (κ2) is 6.39. The number of anilines is 1. The number of primary amides is 1. The SMILES string of the molecule is CN(c1ccccc1C(N)=O)S(=O)(=O)c1cc(Br)ccc1Br. The first kappa shape index (κ1) is 17.0. The maximum atomic E-state index is 12.8. The van der Waals surface area contributed by atoms with E-state index in [-0.39, 0.29) is 16.1 Å². The number of rotatable bonds is 4. The molecular weight excluding hydrogens is 436 g/mol. The van der Waals surface area contributed by atoms with Crippen LogP contribution in [-0.2, 0) is 10.0 Å². The molecule has 0 aliphatic rings. The normalized spacial score (nSPS) is 11.2. The van der Waals surface area contributed by atoms with Gasteiger partial charge in [-0.3, -0.25) is 9.10 Å². The summed E-state index contributed by atoms with van der Waals surface area (Å²) >= 11 is 6.49. The van der Waals surface area contributed by atoms with Crippen LogP contribution in [0.4, 0.5) is 5.69 Å². The highest BCUT2D eigenvalue weighted by molar-refractivity contribution is 9.11. The summed E-state index contributed by atoms with van der Waals surface area (Å²) in [5, 5.41) is 0. The van der Waals surface area contributed by atoms with Gasteiger partial charge in [-0.2, -0.15) is 0 Å². The number of carbonyl (C=O) groups is 1. The molecule has 0 atom stereocenters. The van der Waals surface area contributed by atoms with E-state index in [2.05, 4.69) is 31.9 Å². The molecule has 5 nitrogen and oxygen atoms in total. The molecule has 0 heterocycles. The molecule has 0 fully saturated rings. The van der Waals surface area contributed by atoms with Crippen molar-refractivity contribution in [1.29, 1.82) is 0 Å². The van der Waals surface area contributed by atoms with Crippen LogP contribution in [0.25, 0.3) is 0 Å². The van der Waals surface area contributed by atoms with Crippen molar-refractivity contribution in [3.8, 4) is 0 Å². The summed E-state index contributed by atoms with van der Waals surface area (Å²) in [4.78, 5) is 11.6. The first-order chi connectivity index (χ1) is 10.2. The Morgan fingerprint density at radius 3 is 2.41 bits per heavy atom. The zero-order chi connectivity index (χ0) is 16.5. The van der Waals surface area contributed by atoms with Gasteiger partial charge in [-0.25, -0.2) is 8.42 Å². The molecule has 0 aliphatic carbocycles. The van der Waals surface area contributed by atoms with Crippen LogP contribution in [0.2, 0.25) is 0 Å². The molecular formula is C14H12Br2N2O3S. The number of para-hydroxylation sites is 1. The minimum absolute atomic E-state index is 0.0867. The summed E-state index contributed by atoms with van der Waals surface area (Å²) in [5.41, 5.74) is 5.67. The number of nitrogens with zero attached hydrogens (tertiary/aromatic N) is 1. The van der Waals surface area contributed by atoms with Gasteiger partial charge >= 0.3 is 0 Å². The highest BCUT2D eigenvalue weighted by Crippen LogP contribution is 2.31. The molecule has 0 aliphatic heterocycles. The number of sulfonamides is 1. The summed E-state index contributed by atoms with van der Waals surface area (Å²) in [7, 11) is -2.47. The van der Waals surface area contributed by atoms with Crippen LogP contribution in [0.3, 0.4) is 0 Å². The lowest BCUT2D eigenvalue weighted by molar-refractivity contribution is 0.100. The predicted octanol–water partition coefficient (Wildman–Crippen LogP) is 3.14. The molecule has 0 saturated carbocycles. The Hall–Kier alpha value is -1.38. The zero-order valence-corrected chi connectivity index (χ0v) is 15.4. The van der Waals surface area contributed by atoms with Crippen molar-refractivity contribution in [2.45, 2.75) is 4.90 Å². The van der Waals surface area contributed by atoms with Crippen molar-refractivity contribution in [2.75, 3.05) is 11.4 Å². The Morgan fingerprint density at radius 2 is 1.77 bits per heavy atom. The molecule has 0 bridgehead atoms. The second-order valence-corrected chi connectivity index (χ2v) is 8.14. The van der Waals surface area contributed by atoms with Gasteiger partial charge in [-0.1, -0.05) is 28.1 Å². The molecule has 0 aromatic heterocycles. The monoisotopic (exact) mass is 446 g/mol. The molecule has 2 rings (SSSR count). The summed E-state index contributed by atoms with van der Waals surface area (Å²) in [6.07, 6.45) is 0. The lowest BCUT2D eigenvalue weighted by Gasteiger charge is -2.22. The predicted molar refractivity (Wildman–Crippen MR) is 92.4 cm³/mol. The van der Waals surface area contributed by atoms with E-state index < -0.39 is 15.9 Å². The van der Waals surface area contributed by atoms with E-state index in [1.54, 1.807) is 24.3 Å². The maximum absolute atomic E-state index is 12.8. The van der Waals surface area contributed by atoms with E-state index in [0.717, 1.165) is 4.31 Å². The highest BCUT2D eigenvalue weighted by Gasteiger charge is 2.26. The van der Waals surface area contributed by atoms with Crippen molar-refractivity contribution in [3.63, 3.8) is 0 Å². The molecule has 2 aromatic carbocycles. The largest absolute Gasteiger partial charge is 0.366 e. The topological polar surface area (TPSA) is 80.5 Å². The molecule has 0 saturated heterocycles. The summed E-state index contributed by atoms with van der Waals surface area (Å²) in [6.45, 7) is 0. The van der Waals surface area contributed by atoms with Crippen LogP contribution >= 0.6 is 31.9 Å². The Labute approximate surface area is 145 Å². The van der Waals surface area contributed by atoms with E-state index in [4.69, 9.17) is 5.73 Å². The Balaban J connectivity index is 2.60. The van der Waals surface area contributed by atoms with Gasteiger partial charge in [0, 0.05) is 16.0 Å². The molecule has 8 heteroatoms. The number of benzene rings is 2. The molecule has 22 heavy (non-hydrogen) atoms. The molecule has 2 N–H and O–H groups in total. The fourth-order valence-electron chi connectivity index (χ4n) is 1.91. The van der Waals surface area contributed by atoms with E-state index >= 15 is 0 Å². The van der Waals surface area contributed by atoms with Gasteiger partial charge in [-0.15, -0.1) is 0 Å². The third-order valence-electron chi connectivity index (χ3n) is 3.04. The Kier molecular flexibility index (Phi) is 4.93. The third kappa shape index (κ3) is 3.18. The van der Waals surface area contributed by atoms with Gasteiger partial charge in [0.25, 0.3) is 15.9 Å². The molecule has 116 valence electrons. The quantitative estimate of drug-likeness (QED) is 0.781. The number of hydrogen-bond acceptors (Lipinski definition) is 3. The van der Waals surface area contributed by atoms with Crippen LogP contribution in [0.15, 0.2) is 56.3 Å². The standard InChI is InChI=1S/C14H12Br2N2O3S/c1-18(12-5-3-2-4-10(12)14(17)19)22(20,21)13-8-9(15)6-7-11(13)16/h2-8H,1H3,(H2,17,19). The molecule has 0 unspecified atom stereocenters. The maximum Gasteiger partial charge on any atom is 0.265 e. The smallest absolute Gasteiger partial charge is 0.265 e. The molecule has 2 aromatic rings. The van der Waals surface area contributed by atoms with Gasteiger partial charge in [0.05, 0.1) is 11.3 Å². The summed E-state index contributed by atoms with van der Waals surface area (Å²) < 4.78 is 27.7. The number of nitrogens with two attached hydrogens (primary N) is 1. The lowest BCUT2D eigenvalue weighted by Crippen LogP contribution is -2.29. The highest BCUT2D eigenvalue weighted by atomic mass is 79.9. The van der Waals surface area contributed by atoms with Crippen LogP contribution in [0.5, 0.6) is 0 Å². The Bertz CT molecular complexity index is 838.